The monoisotopic (exact) mass is 222 g/mol. The van der Waals surface area contributed by atoms with E-state index in [1.807, 2.05) is 0 Å². The Hall–Kier alpha value is -0.280. The first-order valence-electron chi connectivity index (χ1n) is 4.76. The minimum atomic E-state index is -1.22. The lowest BCUT2D eigenvalue weighted by molar-refractivity contribution is -0.275. The van der Waals surface area contributed by atoms with E-state index in [0.717, 1.165) is 0 Å². The maximum Gasteiger partial charge on any atom is 0.177 e. The third-order valence-corrected chi connectivity index (χ3v) is 2.28. The molecule has 0 amide bonds. The zero-order valence-electron chi connectivity index (χ0n) is 8.48. The van der Waals surface area contributed by atoms with Gasteiger partial charge in [-0.1, -0.05) is 0 Å². The third kappa shape index (κ3) is 2.85. The molecule has 90 valence electrons. The molecule has 6 atom stereocenters. The number of hydrogen-bond acceptors (Lipinski definition) is 7. The summed E-state index contributed by atoms with van der Waals surface area (Å²) in [5, 5.41) is 27.9. The molecule has 0 aromatic heterocycles. The van der Waals surface area contributed by atoms with Gasteiger partial charge in [0.1, 0.15) is 24.5 Å². The second-order valence-electron chi connectivity index (χ2n) is 3.63. The molecule has 0 aliphatic carbocycles. The highest BCUT2D eigenvalue weighted by Crippen LogP contribution is 2.20. The van der Waals surface area contributed by atoms with E-state index >= 15 is 0 Å². The molecule has 7 N–H and O–H groups in total. The van der Waals surface area contributed by atoms with Crippen molar-refractivity contribution in [3.05, 3.63) is 0 Å². The summed E-state index contributed by atoms with van der Waals surface area (Å²) in [6, 6.07) is -0.895. The molecule has 0 radical (unpaired) electrons. The van der Waals surface area contributed by atoms with Crippen LogP contribution < -0.4 is 11.5 Å². The normalized spacial score (nSPS) is 44.0. The van der Waals surface area contributed by atoms with Gasteiger partial charge in [0.25, 0.3) is 0 Å². The van der Waals surface area contributed by atoms with Gasteiger partial charge >= 0.3 is 0 Å². The van der Waals surface area contributed by atoms with Crippen LogP contribution in [0.15, 0.2) is 0 Å². The first-order valence-corrected chi connectivity index (χ1v) is 4.76. The van der Waals surface area contributed by atoms with Crippen LogP contribution in [0.2, 0.25) is 0 Å². The Bertz CT molecular complexity index is 201. The van der Waals surface area contributed by atoms with Crippen LogP contribution in [0.4, 0.5) is 0 Å². The van der Waals surface area contributed by atoms with Gasteiger partial charge < -0.3 is 36.3 Å². The summed E-state index contributed by atoms with van der Waals surface area (Å²) >= 11 is 0. The fourth-order valence-electron chi connectivity index (χ4n) is 1.44. The molecule has 7 nitrogen and oxygen atoms in total. The van der Waals surface area contributed by atoms with Crippen LogP contribution in [0, 0.1) is 0 Å². The van der Waals surface area contributed by atoms with Gasteiger partial charge in [0.15, 0.2) is 6.29 Å². The second-order valence-corrected chi connectivity index (χ2v) is 3.63. The van der Waals surface area contributed by atoms with E-state index < -0.39 is 43.5 Å². The molecule has 1 rings (SSSR count). The molecule has 0 saturated carbocycles. The van der Waals surface area contributed by atoms with Crippen LogP contribution >= 0.6 is 0 Å². The Morgan fingerprint density at radius 2 is 2.00 bits per heavy atom. The average molecular weight is 222 g/mol. The van der Waals surface area contributed by atoms with Gasteiger partial charge in [-0.25, -0.2) is 0 Å². The van der Waals surface area contributed by atoms with Crippen LogP contribution in [0.5, 0.6) is 0 Å². The quantitative estimate of drug-likeness (QED) is 0.323. The molecule has 1 aliphatic heterocycles. The molecule has 0 bridgehead atoms. The molecule has 15 heavy (non-hydrogen) atoms. The Kier molecular flexibility index (Phi) is 4.41. The Morgan fingerprint density at radius 3 is 2.47 bits per heavy atom. The van der Waals surface area contributed by atoms with Gasteiger partial charge in [-0.2, -0.15) is 0 Å². The first-order chi connectivity index (χ1) is 6.97. The number of nitrogens with two attached hydrogens (primary N) is 2. The fraction of sp³-hybridized carbons (Fsp3) is 1.00. The predicted octanol–water partition coefficient (Wildman–Crippen LogP) is -2.93. The lowest BCUT2D eigenvalue weighted by Crippen LogP contribution is -2.63. The average Bonchev–Trinajstić information content (AvgIpc) is 2.18. The summed E-state index contributed by atoms with van der Waals surface area (Å²) in [6.07, 6.45) is -4.88. The van der Waals surface area contributed by atoms with Gasteiger partial charge in [0, 0.05) is 0 Å². The van der Waals surface area contributed by atoms with Crippen molar-refractivity contribution in [2.45, 2.75) is 43.8 Å². The highest BCUT2D eigenvalue weighted by molar-refractivity contribution is 4.91. The molecule has 1 unspecified atom stereocenters. The van der Waals surface area contributed by atoms with Gasteiger partial charge in [-0.3, -0.25) is 0 Å². The van der Waals surface area contributed by atoms with E-state index in [9.17, 15) is 10.2 Å². The summed E-state index contributed by atoms with van der Waals surface area (Å²) in [5.41, 5.74) is 11.0. The Morgan fingerprint density at radius 1 is 1.40 bits per heavy atom. The zero-order chi connectivity index (χ0) is 11.6. The summed E-state index contributed by atoms with van der Waals surface area (Å²) < 4.78 is 10.3. The summed E-state index contributed by atoms with van der Waals surface area (Å²) in [6.45, 7) is 1.16. The lowest BCUT2D eigenvalue weighted by atomic mass is 9.98. The highest BCUT2D eigenvalue weighted by Gasteiger charge is 2.43. The van der Waals surface area contributed by atoms with Gasteiger partial charge in [-0.15, -0.1) is 0 Å². The van der Waals surface area contributed by atoms with Crippen molar-refractivity contribution in [2.24, 2.45) is 11.5 Å². The summed E-state index contributed by atoms with van der Waals surface area (Å²) in [4.78, 5) is 0. The van der Waals surface area contributed by atoms with Gasteiger partial charge in [0.05, 0.1) is 12.6 Å². The molecule has 1 heterocycles. The van der Waals surface area contributed by atoms with E-state index in [1.54, 1.807) is 6.92 Å². The van der Waals surface area contributed by atoms with Crippen LogP contribution in [0.25, 0.3) is 0 Å². The van der Waals surface area contributed by atoms with Crippen molar-refractivity contribution in [2.75, 3.05) is 6.61 Å². The van der Waals surface area contributed by atoms with Gasteiger partial charge in [0.2, 0.25) is 0 Å². The number of rotatable bonds is 3. The maximum atomic E-state index is 9.54. The number of aliphatic hydroxyl groups excluding tert-OH is 3. The van der Waals surface area contributed by atoms with E-state index in [2.05, 4.69) is 0 Å². The number of hydrogen-bond donors (Lipinski definition) is 5. The van der Waals surface area contributed by atoms with Crippen LogP contribution in [-0.2, 0) is 9.47 Å². The molecule has 1 saturated heterocycles. The molecule has 1 aliphatic rings. The van der Waals surface area contributed by atoms with Crippen molar-refractivity contribution < 1.29 is 24.8 Å². The third-order valence-electron chi connectivity index (χ3n) is 2.28. The van der Waals surface area contributed by atoms with E-state index in [4.69, 9.17) is 26.0 Å². The molecule has 0 aromatic carbocycles. The van der Waals surface area contributed by atoms with E-state index in [-0.39, 0.29) is 0 Å². The molecular formula is C8H18N2O5. The second kappa shape index (κ2) is 5.17. The topological polar surface area (TPSA) is 131 Å². The van der Waals surface area contributed by atoms with Crippen molar-refractivity contribution >= 4 is 0 Å². The Balaban J connectivity index is 2.65. The van der Waals surface area contributed by atoms with Crippen molar-refractivity contribution in [1.82, 2.24) is 0 Å². The molecule has 7 heteroatoms. The highest BCUT2D eigenvalue weighted by atomic mass is 16.7. The Labute approximate surface area is 87.6 Å². The van der Waals surface area contributed by atoms with Gasteiger partial charge in [-0.05, 0) is 6.92 Å². The zero-order valence-corrected chi connectivity index (χ0v) is 8.48. The van der Waals surface area contributed by atoms with Crippen LogP contribution in [0.1, 0.15) is 6.92 Å². The molecule has 0 spiro atoms. The van der Waals surface area contributed by atoms with E-state index in [0.29, 0.717) is 0 Å². The molecule has 1 fully saturated rings. The smallest absolute Gasteiger partial charge is 0.177 e. The minimum absolute atomic E-state index is 0.427. The van der Waals surface area contributed by atoms with Crippen molar-refractivity contribution in [3.8, 4) is 0 Å². The lowest BCUT2D eigenvalue weighted by Gasteiger charge is -2.40. The van der Waals surface area contributed by atoms with Crippen molar-refractivity contribution in [3.63, 3.8) is 0 Å². The predicted molar refractivity (Wildman–Crippen MR) is 50.5 cm³/mol. The SMILES string of the molecule is CC(N)O[C@@H]1O[C@H](CO)[C@H](O)[C@H](O)[C@H]1N. The number of aliphatic hydroxyl groups is 3. The largest absolute Gasteiger partial charge is 0.394 e. The molecule has 0 aromatic rings. The molecular weight excluding hydrogens is 204 g/mol. The van der Waals surface area contributed by atoms with Crippen LogP contribution in [0.3, 0.4) is 0 Å². The minimum Gasteiger partial charge on any atom is -0.394 e. The van der Waals surface area contributed by atoms with Crippen LogP contribution in [-0.4, -0.2) is 58.8 Å². The standard InChI is InChI=1S/C8H18N2O5/c1-3(9)14-8-5(10)7(13)6(12)4(2-11)15-8/h3-8,11-13H,2,9-10H2,1H3/t3?,4-,5-,6+,7-,8-/m1/s1. The summed E-state index contributed by atoms with van der Waals surface area (Å²) in [7, 11) is 0. The number of ether oxygens (including phenoxy) is 2. The first kappa shape index (κ1) is 12.8. The van der Waals surface area contributed by atoms with E-state index in [1.165, 1.54) is 0 Å². The fourth-order valence-corrected chi connectivity index (χ4v) is 1.44. The summed E-state index contributed by atoms with van der Waals surface area (Å²) in [5.74, 6) is 0. The van der Waals surface area contributed by atoms with Crippen molar-refractivity contribution in [1.29, 1.82) is 0 Å². The maximum absolute atomic E-state index is 9.54.